The second kappa shape index (κ2) is 12.8. The normalized spacial score (nSPS) is 39.8. The molecule has 4 saturated carbocycles. The molecular weight excluding hydrogens is 573 g/mol. The van der Waals surface area contributed by atoms with Crippen LogP contribution >= 0.6 is 7.82 Å². The number of fused-ring (bicyclic) bond motifs is 5. The van der Waals surface area contributed by atoms with Crippen molar-refractivity contribution in [3.63, 3.8) is 0 Å². The lowest BCUT2D eigenvalue weighted by molar-refractivity contribution is -0.181. The maximum Gasteiger partial charge on any atom is 0.471 e. The zero-order chi connectivity index (χ0) is 30.2. The number of hydrogen-bond donors (Lipinski definition) is 4. The monoisotopic (exact) mass is 623 g/mol. The van der Waals surface area contributed by atoms with Gasteiger partial charge in [0, 0.05) is 20.1 Å². The lowest BCUT2D eigenvalue weighted by Crippen LogP contribution is -2.59. The van der Waals surface area contributed by atoms with Crippen molar-refractivity contribution >= 4 is 23.8 Å². The molecule has 238 valence electrons. The van der Waals surface area contributed by atoms with Crippen LogP contribution in [0.2, 0.25) is 0 Å². The largest absolute Gasteiger partial charge is 0.471 e. The highest BCUT2D eigenvalue weighted by atomic mass is 32.2. The molecule has 1 amide bonds. The third-order valence-electron chi connectivity index (χ3n) is 11.6. The summed E-state index contributed by atoms with van der Waals surface area (Å²) < 4.78 is 48.9. The molecule has 0 aromatic carbocycles. The SMILES string of the molecule is COC1CC2CC(O)CCC2(C)C2CCC3(C)C(C(C)CCC(=O)NCCS(=O)(=O)OCOP(=O)(O)O)CCC3C12. The molecule has 4 aliphatic rings. The van der Waals surface area contributed by atoms with Gasteiger partial charge in [0.05, 0.1) is 18.0 Å². The van der Waals surface area contributed by atoms with Crippen LogP contribution in [0.1, 0.15) is 85.0 Å². The first-order chi connectivity index (χ1) is 19.1. The number of methoxy groups -OCH3 is 1. The number of aliphatic hydroxyl groups excluding tert-OH is 1. The van der Waals surface area contributed by atoms with E-state index in [-0.39, 0.29) is 35.5 Å². The minimum Gasteiger partial charge on any atom is -0.393 e. The first-order valence-electron chi connectivity index (χ1n) is 15.1. The van der Waals surface area contributed by atoms with Crippen LogP contribution in [0.25, 0.3) is 0 Å². The molecule has 4 fully saturated rings. The molecule has 0 aliphatic heterocycles. The fourth-order valence-electron chi connectivity index (χ4n) is 9.59. The number of amides is 1. The Balaban J connectivity index is 1.29. The minimum atomic E-state index is -4.83. The number of hydrogen-bond acceptors (Lipinski definition) is 8. The zero-order valence-electron chi connectivity index (χ0n) is 24.9. The summed E-state index contributed by atoms with van der Waals surface area (Å²) in [6.07, 6.45) is 9.72. The van der Waals surface area contributed by atoms with Gasteiger partial charge in [0.25, 0.3) is 10.1 Å². The number of phosphoric ester groups is 1. The van der Waals surface area contributed by atoms with Crippen LogP contribution in [0, 0.1) is 46.3 Å². The van der Waals surface area contributed by atoms with Crippen molar-refractivity contribution in [3.05, 3.63) is 0 Å². The van der Waals surface area contributed by atoms with E-state index in [2.05, 4.69) is 34.8 Å². The number of ether oxygens (including phenoxy) is 1. The number of aliphatic hydroxyl groups is 1. The Morgan fingerprint density at radius 3 is 2.44 bits per heavy atom. The average molecular weight is 624 g/mol. The standard InChI is InChI=1S/C28H50NO10PS/c1-18(5-8-25(31)29-13-14-41(35,36)39-17-38-40(32,33)34)21-6-7-22-26-23(10-12-28(21,22)3)27(2)11-9-20(30)15-19(27)16-24(26)37-4/h18-24,26,30H,5-17H2,1-4H3,(H,29,31)(H2,32,33,34). The molecular formula is C28H50NO10PS. The third-order valence-corrected chi connectivity index (χ3v) is 13.2. The quantitative estimate of drug-likeness (QED) is 0.143. The van der Waals surface area contributed by atoms with Crippen LogP contribution in [0.15, 0.2) is 0 Å². The Hall–Kier alpha value is -0.590. The molecule has 41 heavy (non-hydrogen) atoms. The van der Waals surface area contributed by atoms with E-state index in [0.717, 1.165) is 38.5 Å². The van der Waals surface area contributed by atoms with E-state index < -0.39 is 30.5 Å². The van der Waals surface area contributed by atoms with Gasteiger partial charge >= 0.3 is 7.82 Å². The molecule has 0 aromatic heterocycles. The van der Waals surface area contributed by atoms with Crippen LogP contribution in [0.4, 0.5) is 0 Å². The lowest BCUT2D eigenvalue weighted by Gasteiger charge is -2.63. The number of rotatable bonds is 12. The summed E-state index contributed by atoms with van der Waals surface area (Å²) in [5.41, 5.74) is 0.471. The second-order valence-electron chi connectivity index (χ2n) is 13.6. The highest BCUT2D eigenvalue weighted by Gasteiger charge is 2.63. The predicted molar refractivity (Wildman–Crippen MR) is 152 cm³/mol. The van der Waals surface area contributed by atoms with Gasteiger partial charge in [0.15, 0.2) is 6.79 Å². The van der Waals surface area contributed by atoms with E-state index >= 15 is 0 Å². The van der Waals surface area contributed by atoms with Gasteiger partial charge < -0.3 is 24.9 Å². The smallest absolute Gasteiger partial charge is 0.393 e. The molecule has 0 bridgehead atoms. The molecule has 4 rings (SSSR count). The summed E-state index contributed by atoms with van der Waals surface area (Å²) in [6.45, 7) is 5.94. The van der Waals surface area contributed by atoms with E-state index in [0.29, 0.717) is 41.9 Å². The molecule has 13 heteroatoms. The van der Waals surface area contributed by atoms with Crippen molar-refractivity contribution < 1.29 is 46.1 Å². The van der Waals surface area contributed by atoms with E-state index in [1.165, 1.54) is 19.3 Å². The molecule has 11 nitrogen and oxygen atoms in total. The maximum atomic E-state index is 12.5. The topological polar surface area (TPSA) is 169 Å². The van der Waals surface area contributed by atoms with Gasteiger partial charge in [-0.15, -0.1) is 0 Å². The minimum absolute atomic E-state index is 0.160. The highest BCUT2D eigenvalue weighted by molar-refractivity contribution is 7.86. The van der Waals surface area contributed by atoms with Gasteiger partial charge in [-0.05, 0) is 104 Å². The Labute approximate surface area is 244 Å². The molecule has 0 saturated heterocycles. The molecule has 0 spiro atoms. The molecule has 10 unspecified atom stereocenters. The first kappa shape index (κ1) is 33.3. The molecule has 10 atom stereocenters. The van der Waals surface area contributed by atoms with Crippen LogP contribution < -0.4 is 5.32 Å². The van der Waals surface area contributed by atoms with Crippen molar-refractivity contribution in [2.24, 2.45) is 46.3 Å². The first-order valence-corrected chi connectivity index (χ1v) is 18.2. The average Bonchev–Trinajstić information content (AvgIpc) is 3.23. The fraction of sp³-hybridized carbons (Fsp3) is 0.964. The van der Waals surface area contributed by atoms with E-state index in [9.17, 15) is 22.9 Å². The second-order valence-corrected chi connectivity index (χ2v) is 16.6. The van der Waals surface area contributed by atoms with Gasteiger partial charge in [-0.3, -0.25) is 9.32 Å². The fourth-order valence-corrected chi connectivity index (χ4v) is 10.5. The van der Waals surface area contributed by atoms with Gasteiger partial charge in [0.1, 0.15) is 0 Å². The van der Waals surface area contributed by atoms with Gasteiger partial charge in [0.2, 0.25) is 5.91 Å². The van der Waals surface area contributed by atoms with Crippen LogP contribution in [-0.4, -0.2) is 67.6 Å². The summed E-state index contributed by atoms with van der Waals surface area (Å²) in [6, 6.07) is 0. The predicted octanol–water partition coefficient (Wildman–Crippen LogP) is 3.58. The summed E-state index contributed by atoms with van der Waals surface area (Å²) >= 11 is 0. The van der Waals surface area contributed by atoms with Gasteiger partial charge in [-0.1, -0.05) is 20.8 Å². The maximum absolute atomic E-state index is 12.5. The molecule has 0 aromatic rings. The van der Waals surface area contributed by atoms with Gasteiger partial charge in [-0.2, -0.15) is 8.42 Å². The van der Waals surface area contributed by atoms with Crippen molar-refractivity contribution in [1.29, 1.82) is 0 Å². The molecule has 0 radical (unpaired) electrons. The molecule has 0 heterocycles. The van der Waals surface area contributed by atoms with Crippen molar-refractivity contribution in [2.75, 3.05) is 26.2 Å². The van der Waals surface area contributed by atoms with Crippen molar-refractivity contribution in [1.82, 2.24) is 5.32 Å². The highest BCUT2D eigenvalue weighted by Crippen LogP contribution is 2.68. The Kier molecular flexibility index (Phi) is 10.4. The molecule has 4 aliphatic carbocycles. The number of carbonyl (C=O) groups is 1. The Morgan fingerprint density at radius 1 is 1.07 bits per heavy atom. The number of nitrogens with one attached hydrogen (secondary N) is 1. The Bertz CT molecular complexity index is 1080. The Morgan fingerprint density at radius 2 is 1.76 bits per heavy atom. The summed E-state index contributed by atoms with van der Waals surface area (Å²) in [4.78, 5) is 29.7. The van der Waals surface area contributed by atoms with Crippen LogP contribution in [0.3, 0.4) is 0 Å². The summed E-state index contributed by atoms with van der Waals surface area (Å²) in [5.74, 6) is 2.38. The van der Waals surface area contributed by atoms with E-state index in [1.54, 1.807) is 0 Å². The van der Waals surface area contributed by atoms with Crippen LogP contribution in [-0.2, 0) is 32.9 Å². The summed E-state index contributed by atoms with van der Waals surface area (Å²) in [7, 11) is -7.08. The lowest BCUT2D eigenvalue weighted by atomic mass is 9.43. The molecule has 4 N–H and O–H groups in total. The van der Waals surface area contributed by atoms with Crippen molar-refractivity contribution in [3.8, 4) is 0 Å². The van der Waals surface area contributed by atoms with Crippen molar-refractivity contribution in [2.45, 2.75) is 97.2 Å². The van der Waals surface area contributed by atoms with Gasteiger partial charge in [-0.25, -0.2) is 8.75 Å². The zero-order valence-corrected chi connectivity index (χ0v) is 26.6. The number of carbonyl (C=O) groups excluding carboxylic acids is 1. The van der Waals surface area contributed by atoms with Crippen LogP contribution in [0.5, 0.6) is 0 Å². The third kappa shape index (κ3) is 7.39. The van der Waals surface area contributed by atoms with E-state index in [1.807, 2.05) is 7.11 Å². The summed E-state index contributed by atoms with van der Waals surface area (Å²) in [5, 5.41) is 13.0. The number of phosphoric acid groups is 1. The van der Waals surface area contributed by atoms with E-state index in [4.69, 9.17) is 14.5 Å².